The van der Waals surface area contributed by atoms with Crippen LogP contribution >= 0.6 is 0 Å². The third kappa shape index (κ3) is 1.78. The first-order chi connectivity index (χ1) is 6.60. The van der Waals surface area contributed by atoms with Gasteiger partial charge in [0.2, 0.25) is 0 Å². The lowest BCUT2D eigenvalue weighted by atomic mass is 9.95. The van der Waals surface area contributed by atoms with Gasteiger partial charge in [-0.1, -0.05) is 6.08 Å². The Bertz CT molecular complexity index is 325. The zero-order valence-corrected chi connectivity index (χ0v) is 5.48. The first-order valence-electron chi connectivity index (χ1n) is 4.93. The van der Waals surface area contributed by atoms with Crippen molar-refractivity contribution in [2.75, 3.05) is 0 Å². The van der Waals surface area contributed by atoms with E-state index in [4.69, 9.17) is 10.6 Å². The van der Waals surface area contributed by atoms with Gasteiger partial charge in [0, 0.05) is 17.4 Å². The molecule has 0 radical (unpaired) electrons. The Morgan fingerprint density at radius 1 is 1.64 bits per heavy atom. The van der Waals surface area contributed by atoms with E-state index >= 15 is 0 Å². The van der Waals surface area contributed by atoms with Crippen molar-refractivity contribution >= 4 is 5.97 Å². The van der Waals surface area contributed by atoms with E-state index in [1.807, 2.05) is 0 Å². The highest BCUT2D eigenvalue weighted by atomic mass is 16.4. The largest absolute Gasteiger partial charge is 0.478 e. The number of rotatable bonds is 1. The highest BCUT2D eigenvalue weighted by Crippen LogP contribution is 2.18. The van der Waals surface area contributed by atoms with Crippen LogP contribution in [0, 0.1) is 0 Å². The van der Waals surface area contributed by atoms with Gasteiger partial charge >= 0.3 is 5.97 Å². The molecule has 1 aliphatic carbocycles. The van der Waals surface area contributed by atoms with Crippen LogP contribution < -0.4 is 0 Å². The van der Waals surface area contributed by atoms with Crippen molar-refractivity contribution < 1.29 is 25.6 Å². The number of carboxylic acids is 1. The standard InChI is InChI=1S/C7H10O4/c8-5-2-1-4(7(10)11)3-6(5)9/h1,5-6,8-9H,2-3H2,(H,10,11)/t5-,6-/m1/s1/i2D2,3D2. The Hall–Kier alpha value is -0.870. The summed E-state index contributed by atoms with van der Waals surface area (Å²) in [6.45, 7) is 0. The van der Waals surface area contributed by atoms with Crippen molar-refractivity contribution in [3.05, 3.63) is 11.6 Å². The van der Waals surface area contributed by atoms with Crippen molar-refractivity contribution in [2.24, 2.45) is 0 Å². The number of aliphatic hydroxyl groups is 2. The van der Waals surface area contributed by atoms with Crippen LogP contribution in [-0.4, -0.2) is 33.5 Å². The summed E-state index contributed by atoms with van der Waals surface area (Å²) in [5.41, 5.74) is -0.884. The fourth-order valence-corrected chi connectivity index (χ4v) is 0.663. The maximum absolute atomic E-state index is 10.6. The zero-order chi connectivity index (χ0) is 12.0. The predicted octanol–water partition coefficient (Wildman–Crippen LogP) is -0.487. The number of hydrogen-bond donors (Lipinski definition) is 3. The Morgan fingerprint density at radius 3 is 2.82 bits per heavy atom. The molecule has 0 aliphatic heterocycles. The second-order valence-electron chi connectivity index (χ2n) is 2.06. The molecule has 2 atom stereocenters. The molecule has 4 heteroatoms. The van der Waals surface area contributed by atoms with Gasteiger partial charge in [-0.2, -0.15) is 0 Å². The van der Waals surface area contributed by atoms with E-state index in [0.717, 1.165) is 0 Å². The molecule has 0 aromatic rings. The summed E-state index contributed by atoms with van der Waals surface area (Å²) in [6.07, 6.45) is -8.73. The lowest BCUT2D eigenvalue weighted by molar-refractivity contribution is -0.133. The molecular weight excluding hydrogens is 148 g/mol. The molecule has 0 saturated heterocycles. The van der Waals surface area contributed by atoms with E-state index < -0.39 is 36.5 Å². The number of hydrogen-bond acceptors (Lipinski definition) is 3. The maximum Gasteiger partial charge on any atom is 0.331 e. The summed E-state index contributed by atoms with van der Waals surface area (Å²) in [6, 6.07) is 0. The van der Waals surface area contributed by atoms with E-state index in [2.05, 4.69) is 0 Å². The lowest BCUT2D eigenvalue weighted by Crippen LogP contribution is -2.30. The van der Waals surface area contributed by atoms with Gasteiger partial charge in [-0.15, -0.1) is 0 Å². The van der Waals surface area contributed by atoms with Gasteiger partial charge < -0.3 is 15.3 Å². The predicted molar refractivity (Wildman–Crippen MR) is 37.0 cm³/mol. The van der Waals surface area contributed by atoms with Gasteiger partial charge in [-0.05, 0) is 6.37 Å². The average molecular weight is 162 g/mol. The summed E-state index contributed by atoms with van der Waals surface area (Å²) in [5, 5.41) is 27.2. The zero-order valence-electron chi connectivity index (χ0n) is 9.48. The van der Waals surface area contributed by atoms with E-state index in [-0.39, 0.29) is 0 Å². The minimum Gasteiger partial charge on any atom is -0.478 e. The summed E-state index contributed by atoms with van der Waals surface area (Å²) in [5.74, 6) is -1.66. The Kier molecular flexibility index (Phi) is 1.16. The monoisotopic (exact) mass is 162 g/mol. The molecule has 0 bridgehead atoms. The van der Waals surface area contributed by atoms with Crippen molar-refractivity contribution in [3.63, 3.8) is 0 Å². The molecule has 0 amide bonds. The first-order valence-corrected chi connectivity index (χ1v) is 2.93. The highest BCUT2D eigenvalue weighted by molar-refractivity contribution is 5.86. The van der Waals surface area contributed by atoms with E-state index in [9.17, 15) is 15.0 Å². The third-order valence-corrected chi connectivity index (χ3v) is 1.23. The molecule has 0 fully saturated rings. The summed E-state index contributed by atoms with van der Waals surface area (Å²) in [4.78, 5) is 10.6. The van der Waals surface area contributed by atoms with Gasteiger partial charge in [-0.25, -0.2) is 4.79 Å². The second kappa shape index (κ2) is 3.02. The lowest BCUT2D eigenvalue weighted by Gasteiger charge is -2.21. The fourth-order valence-electron chi connectivity index (χ4n) is 0.663. The van der Waals surface area contributed by atoms with Crippen LogP contribution in [0.3, 0.4) is 0 Å². The number of carboxylic acid groups (broad SMARTS) is 1. The molecule has 62 valence electrons. The molecule has 3 N–H and O–H groups in total. The minimum absolute atomic E-state index is 0.493. The Balaban J connectivity index is 3.30. The van der Waals surface area contributed by atoms with Crippen molar-refractivity contribution in [2.45, 2.75) is 25.0 Å². The summed E-state index contributed by atoms with van der Waals surface area (Å²) in [7, 11) is 0. The molecule has 0 aromatic heterocycles. The smallest absolute Gasteiger partial charge is 0.331 e. The molecule has 0 saturated carbocycles. The van der Waals surface area contributed by atoms with Gasteiger partial charge in [0.25, 0.3) is 0 Å². The van der Waals surface area contributed by atoms with Crippen LogP contribution in [0.15, 0.2) is 11.6 Å². The SMILES string of the molecule is [2H]C1([2H])C=C(C(=O)O)C([2H])([2H])[C@@H](O)[C@@H]1O. The quantitative estimate of drug-likeness (QED) is 0.486. The Labute approximate surface area is 69.4 Å². The highest BCUT2D eigenvalue weighted by Gasteiger charge is 2.24. The molecule has 0 spiro atoms. The van der Waals surface area contributed by atoms with Crippen molar-refractivity contribution in [1.82, 2.24) is 0 Å². The third-order valence-electron chi connectivity index (χ3n) is 1.23. The number of carbonyl (C=O) groups is 1. The topological polar surface area (TPSA) is 77.8 Å². The summed E-state index contributed by atoms with van der Waals surface area (Å²) < 4.78 is 29.0. The first kappa shape index (κ1) is 4.23. The van der Waals surface area contributed by atoms with Crippen molar-refractivity contribution in [1.29, 1.82) is 0 Å². The van der Waals surface area contributed by atoms with E-state index in [1.165, 1.54) is 0 Å². The second-order valence-corrected chi connectivity index (χ2v) is 2.06. The molecule has 11 heavy (non-hydrogen) atoms. The molecule has 0 heterocycles. The maximum atomic E-state index is 10.6. The van der Waals surface area contributed by atoms with Crippen LogP contribution in [0.5, 0.6) is 0 Å². The molecule has 1 aliphatic rings. The fraction of sp³-hybridized carbons (Fsp3) is 0.571. The molecule has 1 rings (SSSR count). The molecule has 4 nitrogen and oxygen atoms in total. The minimum atomic E-state index is -2.67. The van der Waals surface area contributed by atoms with E-state index in [0.29, 0.717) is 6.08 Å². The number of aliphatic hydroxyl groups excluding tert-OH is 2. The van der Waals surface area contributed by atoms with Gasteiger partial charge in [-0.3, -0.25) is 0 Å². The van der Waals surface area contributed by atoms with Crippen LogP contribution in [-0.2, 0) is 4.79 Å². The molecular formula is C7H10O4. The molecule has 0 unspecified atom stereocenters. The van der Waals surface area contributed by atoms with Gasteiger partial charge in [0.15, 0.2) is 0 Å². The normalized spacial score (nSPS) is 45.8. The van der Waals surface area contributed by atoms with Crippen LogP contribution in [0.4, 0.5) is 0 Å². The Morgan fingerprint density at radius 2 is 2.27 bits per heavy atom. The summed E-state index contributed by atoms with van der Waals surface area (Å²) >= 11 is 0. The molecule has 0 aromatic carbocycles. The van der Waals surface area contributed by atoms with Crippen molar-refractivity contribution in [3.8, 4) is 0 Å². The number of aliphatic carboxylic acids is 1. The van der Waals surface area contributed by atoms with E-state index in [1.54, 1.807) is 0 Å². The van der Waals surface area contributed by atoms with Crippen LogP contribution in [0.25, 0.3) is 0 Å². The van der Waals surface area contributed by atoms with Gasteiger partial charge in [0.05, 0.1) is 12.2 Å². The van der Waals surface area contributed by atoms with Crippen LogP contribution in [0.1, 0.15) is 18.2 Å². The average Bonchev–Trinajstić information content (AvgIpc) is 2.09. The van der Waals surface area contributed by atoms with Gasteiger partial charge in [0.1, 0.15) is 0 Å². The van der Waals surface area contributed by atoms with Crippen LogP contribution in [0.2, 0.25) is 0 Å².